The third kappa shape index (κ3) is 5.06. The van der Waals surface area contributed by atoms with Gasteiger partial charge < -0.3 is 5.32 Å². The molecule has 6 nitrogen and oxygen atoms in total. The highest BCUT2D eigenvalue weighted by molar-refractivity contribution is 7.92. The van der Waals surface area contributed by atoms with Crippen molar-refractivity contribution in [2.75, 3.05) is 37.7 Å². The highest BCUT2D eigenvalue weighted by atomic mass is 32.2. The van der Waals surface area contributed by atoms with Gasteiger partial charge in [-0.25, -0.2) is 8.42 Å². The van der Waals surface area contributed by atoms with Gasteiger partial charge in [0.15, 0.2) is 0 Å². The largest absolute Gasteiger partial charge is 0.353 e. The minimum atomic E-state index is -3.51. The molecule has 0 aliphatic carbocycles. The molecule has 0 aromatic heterocycles. The lowest BCUT2D eigenvalue weighted by molar-refractivity contribution is -0.125. The summed E-state index contributed by atoms with van der Waals surface area (Å²) in [6.07, 6.45) is 0. The summed E-state index contributed by atoms with van der Waals surface area (Å²) in [4.78, 5) is 14.4. The quantitative estimate of drug-likeness (QED) is 0.765. The average Bonchev–Trinajstić information content (AvgIpc) is 2.62. The van der Waals surface area contributed by atoms with E-state index in [2.05, 4.69) is 5.32 Å². The van der Waals surface area contributed by atoms with Gasteiger partial charge >= 0.3 is 0 Å². The molecule has 0 radical (unpaired) electrons. The van der Waals surface area contributed by atoms with E-state index in [-0.39, 0.29) is 18.2 Å². The van der Waals surface area contributed by atoms with E-state index in [1.54, 1.807) is 29.2 Å². The maximum atomic E-state index is 12.5. The Labute approximate surface area is 155 Å². The monoisotopic (exact) mass is 375 g/mol. The number of nitrogens with zero attached hydrogens (tertiary/aromatic N) is 2. The Kier molecular flexibility index (Phi) is 6.76. The third-order valence-electron chi connectivity index (χ3n) is 4.08. The molecule has 0 aliphatic heterocycles. The second-order valence-corrected chi connectivity index (χ2v) is 8.31. The number of carbonyl (C=O) groups excluding carboxylic acids is 1. The fourth-order valence-electron chi connectivity index (χ4n) is 2.65. The van der Waals surface area contributed by atoms with Gasteiger partial charge in [-0.1, -0.05) is 48.5 Å². The zero-order chi connectivity index (χ0) is 19.2. The number of para-hydroxylation sites is 1. The van der Waals surface area contributed by atoms with Gasteiger partial charge in [0, 0.05) is 13.6 Å². The second-order valence-electron chi connectivity index (χ2n) is 6.19. The van der Waals surface area contributed by atoms with Crippen LogP contribution >= 0.6 is 0 Å². The maximum absolute atomic E-state index is 12.5. The van der Waals surface area contributed by atoms with Crippen LogP contribution in [0.3, 0.4) is 0 Å². The van der Waals surface area contributed by atoms with Crippen LogP contribution in [-0.4, -0.2) is 52.7 Å². The lowest BCUT2D eigenvalue weighted by atomic mass is 10.1. The van der Waals surface area contributed by atoms with E-state index < -0.39 is 16.1 Å². The normalized spacial score (nSPS) is 12.6. The minimum Gasteiger partial charge on any atom is -0.353 e. The minimum absolute atomic E-state index is 0.0511. The number of hydrogen-bond donors (Lipinski definition) is 1. The number of carbonyl (C=O) groups is 1. The highest BCUT2D eigenvalue weighted by Gasteiger charge is 2.24. The molecule has 140 valence electrons. The number of amides is 1. The molecule has 0 spiro atoms. The summed E-state index contributed by atoms with van der Waals surface area (Å²) in [6, 6.07) is 17.8. The van der Waals surface area contributed by atoms with E-state index in [0.29, 0.717) is 5.69 Å². The molecule has 2 aromatic rings. The van der Waals surface area contributed by atoms with Crippen LogP contribution in [-0.2, 0) is 14.8 Å². The Balaban J connectivity index is 1.98. The van der Waals surface area contributed by atoms with Gasteiger partial charge in [0.1, 0.15) is 6.04 Å². The van der Waals surface area contributed by atoms with Gasteiger partial charge in [0.05, 0.1) is 11.4 Å². The lowest BCUT2D eigenvalue weighted by Gasteiger charge is -2.24. The van der Waals surface area contributed by atoms with E-state index in [0.717, 1.165) is 5.56 Å². The predicted octanol–water partition coefficient (Wildman–Crippen LogP) is 1.87. The Hall–Kier alpha value is -2.38. The first-order valence-corrected chi connectivity index (χ1v) is 9.94. The predicted molar refractivity (Wildman–Crippen MR) is 105 cm³/mol. The smallest absolute Gasteiger partial charge is 0.241 e. The summed E-state index contributed by atoms with van der Waals surface area (Å²) in [5.74, 6) is -0.391. The van der Waals surface area contributed by atoms with E-state index in [1.165, 1.54) is 11.4 Å². The number of anilines is 1. The van der Waals surface area contributed by atoms with Gasteiger partial charge in [-0.05, 0) is 31.8 Å². The second kappa shape index (κ2) is 8.82. The van der Waals surface area contributed by atoms with Crippen molar-refractivity contribution in [2.24, 2.45) is 0 Å². The Morgan fingerprint density at radius 3 is 2.04 bits per heavy atom. The molecule has 26 heavy (non-hydrogen) atoms. The first kappa shape index (κ1) is 19.9. The number of hydrogen-bond acceptors (Lipinski definition) is 4. The molecule has 0 aliphatic rings. The van der Waals surface area contributed by atoms with Crippen molar-refractivity contribution in [1.82, 2.24) is 10.2 Å². The molecule has 0 fully saturated rings. The van der Waals surface area contributed by atoms with Crippen molar-refractivity contribution in [3.63, 3.8) is 0 Å². The first-order valence-electron chi connectivity index (χ1n) is 8.33. The van der Waals surface area contributed by atoms with Gasteiger partial charge in [0.25, 0.3) is 0 Å². The number of likely N-dealkylation sites (N-methyl/N-ethyl adjacent to an activating group) is 1. The van der Waals surface area contributed by atoms with Crippen LogP contribution in [0.5, 0.6) is 0 Å². The van der Waals surface area contributed by atoms with Crippen LogP contribution in [0.1, 0.15) is 11.6 Å². The van der Waals surface area contributed by atoms with Crippen LogP contribution in [0.15, 0.2) is 60.7 Å². The molecule has 7 heteroatoms. The van der Waals surface area contributed by atoms with E-state index in [9.17, 15) is 13.2 Å². The van der Waals surface area contributed by atoms with Gasteiger partial charge in [-0.15, -0.1) is 0 Å². The third-order valence-corrected chi connectivity index (χ3v) is 5.84. The zero-order valence-electron chi connectivity index (χ0n) is 15.3. The summed E-state index contributed by atoms with van der Waals surface area (Å²) in [7, 11) is 1.63. The molecule has 1 unspecified atom stereocenters. The Morgan fingerprint density at radius 1 is 0.962 bits per heavy atom. The SMILES string of the molecule is CN(C)C(C(=O)NCCS(=O)(=O)N(C)c1ccccc1)c1ccccc1. The van der Waals surface area contributed by atoms with Crippen LogP contribution < -0.4 is 9.62 Å². The summed E-state index contributed by atoms with van der Waals surface area (Å²) >= 11 is 0. The van der Waals surface area contributed by atoms with Crippen LogP contribution in [0.25, 0.3) is 0 Å². The molecule has 2 rings (SSSR count). The molecule has 0 bridgehead atoms. The summed E-state index contributed by atoms with van der Waals surface area (Å²) < 4.78 is 26.1. The number of rotatable bonds is 8. The standard InChI is InChI=1S/C19H25N3O3S/c1-21(2)18(16-10-6-4-7-11-16)19(23)20-14-15-26(24,25)22(3)17-12-8-5-9-13-17/h4-13,18H,14-15H2,1-3H3,(H,20,23). The fourth-order valence-corrected chi connectivity index (χ4v) is 3.73. The Bertz CT molecular complexity index is 808. The van der Waals surface area contributed by atoms with E-state index in [4.69, 9.17) is 0 Å². The highest BCUT2D eigenvalue weighted by Crippen LogP contribution is 2.18. The molecular weight excluding hydrogens is 350 g/mol. The molecule has 0 heterocycles. The van der Waals surface area contributed by atoms with Crippen molar-refractivity contribution in [3.05, 3.63) is 66.2 Å². The molecule has 1 amide bonds. The topological polar surface area (TPSA) is 69.7 Å². The molecular formula is C19H25N3O3S. The number of nitrogens with one attached hydrogen (secondary N) is 1. The molecule has 0 saturated carbocycles. The summed E-state index contributed by atoms with van der Waals surface area (Å²) in [5, 5.41) is 2.74. The van der Waals surface area contributed by atoms with Crippen molar-refractivity contribution in [1.29, 1.82) is 0 Å². The first-order chi connectivity index (χ1) is 12.3. The van der Waals surface area contributed by atoms with Crippen molar-refractivity contribution in [2.45, 2.75) is 6.04 Å². The van der Waals surface area contributed by atoms with Gasteiger partial charge in [0.2, 0.25) is 15.9 Å². The van der Waals surface area contributed by atoms with Crippen molar-refractivity contribution in [3.8, 4) is 0 Å². The van der Waals surface area contributed by atoms with Crippen molar-refractivity contribution >= 4 is 21.6 Å². The maximum Gasteiger partial charge on any atom is 0.241 e. The average molecular weight is 375 g/mol. The molecule has 1 N–H and O–H groups in total. The van der Waals surface area contributed by atoms with E-state index >= 15 is 0 Å². The van der Waals surface area contributed by atoms with Gasteiger partial charge in [-0.2, -0.15) is 0 Å². The van der Waals surface area contributed by atoms with Crippen molar-refractivity contribution < 1.29 is 13.2 Å². The summed E-state index contributed by atoms with van der Waals surface area (Å²) in [6.45, 7) is 0.0511. The fraction of sp³-hybridized carbons (Fsp3) is 0.316. The van der Waals surface area contributed by atoms with E-state index in [1.807, 2.05) is 50.5 Å². The molecule has 0 saturated heterocycles. The van der Waals surface area contributed by atoms with Crippen LogP contribution in [0.2, 0.25) is 0 Å². The summed E-state index contributed by atoms with van der Waals surface area (Å²) in [5.41, 5.74) is 1.45. The van der Waals surface area contributed by atoms with Gasteiger partial charge in [-0.3, -0.25) is 14.0 Å². The zero-order valence-corrected chi connectivity index (χ0v) is 16.1. The van der Waals surface area contributed by atoms with Crippen LogP contribution in [0, 0.1) is 0 Å². The Morgan fingerprint density at radius 2 is 1.50 bits per heavy atom. The molecule has 2 aromatic carbocycles. The van der Waals surface area contributed by atoms with Crippen LogP contribution in [0.4, 0.5) is 5.69 Å². The lowest BCUT2D eigenvalue weighted by Crippen LogP contribution is -2.40. The number of benzene rings is 2. The molecule has 1 atom stereocenters. The number of sulfonamides is 1.